The van der Waals surface area contributed by atoms with Crippen LogP contribution in [0.1, 0.15) is 22.5 Å². The van der Waals surface area contributed by atoms with Crippen LogP contribution in [0.3, 0.4) is 0 Å². The van der Waals surface area contributed by atoms with Crippen LogP contribution in [0, 0.1) is 6.92 Å². The lowest BCUT2D eigenvalue weighted by Crippen LogP contribution is -2.14. The molecule has 23 heavy (non-hydrogen) atoms. The number of carbonyl (C=O) groups is 1. The number of amides is 1. The number of nitrogens with one attached hydrogen (secondary N) is 2. The Morgan fingerprint density at radius 2 is 2.17 bits per heavy atom. The molecule has 0 unspecified atom stereocenters. The van der Waals surface area contributed by atoms with Gasteiger partial charge in [0.15, 0.2) is 0 Å². The molecule has 0 saturated carbocycles. The lowest BCUT2D eigenvalue weighted by molar-refractivity contribution is 0.102. The van der Waals surface area contributed by atoms with Crippen LogP contribution in [-0.4, -0.2) is 35.7 Å². The highest BCUT2D eigenvalue weighted by molar-refractivity contribution is 6.30. The van der Waals surface area contributed by atoms with E-state index in [1.807, 2.05) is 0 Å². The Kier molecular flexibility index (Phi) is 6.13. The summed E-state index contributed by atoms with van der Waals surface area (Å²) in [6.45, 7) is 2.23. The average Bonchev–Trinajstić information content (AvgIpc) is 2.90. The largest absolute Gasteiger partial charge is 0.396 e. The molecule has 0 spiro atoms. The van der Waals surface area contributed by atoms with Crippen LogP contribution in [0.4, 0.5) is 11.6 Å². The monoisotopic (exact) mass is 336 g/mol. The van der Waals surface area contributed by atoms with Crippen molar-refractivity contribution in [3.8, 4) is 0 Å². The van der Waals surface area contributed by atoms with Gasteiger partial charge in [0.05, 0.1) is 12.0 Å². The molecule has 1 aromatic heterocycles. The molecule has 2 aromatic rings. The molecule has 0 saturated heterocycles. The lowest BCUT2D eigenvalue weighted by atomic mass is 10.2. The Morgan fingerprint density at radius 1 is 1.43 bits per heavy atom. The van der Waals surface area contributed by atoms with E-state index in [-0.39, 0.29) is 18.4 Å². The molecular weight excluding hydrogens is 320 g/mol. The maximum absolute atomic E-state index is 12.4. The van der Waals surface area contributed by atoms with Crippen molar-refractivity contribution < 1.29 is 14.4 Å². The van der Waals surface area contributed by atoms with E-state index in [1.165, 1.54) is 6.34 Å². The van der Waals surface area contributed by atoms with E-state index >= 15 is 0 Å². The molecule has 0 bridgehead atoms. The highest BCUT2D eigenvalue weighted by Crippen LogP contribution is 2.21. The summed E-state index contributed by atoms with van der Waals surface area (Å²) in [5, 5.41) is 18.6. The van der Waals surface area contributed by atoms with Crippen LogP contribution in [0.25, 0.3) is 0 Å². The van der Waals surface area contributed by atoms with Crippen molar-refractivity contribution >= 4 is 35.4 Å². The number of aliphatic hydroxyl groups is 1. The number of benzene rings is 1. The second-order valence-corrected chi connectivity index (χ2v) is 5.13. The first-order valence-electron chi connectivity index (χ1n) is 7.00. The van der Waals surface area contributed by atoms with Gasteiger partial charge in [-0.25, -0.2) is 0 Å². The van der Waals surface area contributed by atoms with E-state index in [0.29, 0.717) is 34.9 Å². The summed E-state index contributed by atoms with van der Waals surface area (Å²) in [5.41, 5.74) is 1.37. The molecule has 0 aliphatic heterocycles. The second kappa shape index (κ2) is 8.30. The van der Waals surface area contributed by atoms with E-state index in [9.17, 15) is 4.79 Å². The summed E-state index contributed by atoms with van der Waals surface area (Å²) >= 11 is 5.81. The van der Waals surface area contributed by atoms with Crippen molar-refractivity contribution in [3.63, 3.8) is 0 Å². The van der Waals surface area contributed by atoms with Gasteiger partial charge in [-0.15, -0.1) is 0 Å². The standard InChI is InChI=1S/C15H17ClN4O3/c1-10-13(14(22)19-12-5-3-11(16)4-6-12)15(23-20-10)18-9-17-7-2-8-21/h3-6,9,21H,2,7-8H2,1H3,(H,17,18)(H,19,22). The Morgan fingerprint density at radius 3 is 2.87 bits per heavy atom. The van der Waals surface area contributed by atoms with Gasteiger partial charge < -0.3 is 20.3 Å². The van der Waals surface area contributed by atoms with Gasteiger partial charge in [-0.3, -0.25) is 9.79 Å². The van der Waals surface area contributed by atoms with Crippen LogP contribution in [-0.2, 0) is 0 Å². The number of halogens is 1. The van der Waals surface area contributed by atoms with Gasteiger partial charge in [-0.1, -0.05) is 16.8 Å². The van der Waals surface area contributed by atoms with Gasteiger partial charge >= 0.3 is 0 Å². The first-order valence-corrected chi connectivity index (χ1v) is 7.38. The second-order valence-electron chi connectivity index (χ2n) is 4.69. The van der Waals surface area contributed by atoms with Crippen molar-refractivity contribution in [2.45, 2.75) is 13.3 Å². The Balaban J connectivity index is 2.06. The molecule has 1 heterocycles. The number of hydrogen-bond donors (Lipinski definition) is 3. The third-order valence-electron chi connectivity index (χ3n) is 2.92. The number of rotatable bonds is 7. The number of aromatic nitrogens is 1. The number of nitrogens with zero attached hydrogens (tertiary/aromatic N) is 2. The summed E-state index contributed by atoms with van der Waals surface area (Å²) in [6, 6.07) is 6.77. The van der Waals surface area contributed by atoms with Gasteiger partial charge in [0.25, 0.3) is 5.91 Å². The van der Waals surface area contributed by atoms with Crippen molar-refractivity contribution in [1.29, 1.82) is 0 Å². The highest BCUT2D eigenvalue weighted by atomic mass is 35.5. The molecule has 0 fully saturated rings. The van der Waals surface area contributed by atoms with Crippen LogP contribution in [0.2, 0.25) is 5.02 Å². The predicted octanol–water partition coefficient (Wildman–Crippen LogP) is 2.71. The van der Waals surface area contributed by atoms with Crippen molar-refractivity contribution in [2.24, 2.45) is 4.99 Å². The third-order valence-corrected chi connectivity index (χ3v) is 3.18. The van der Waals surface area contributed by atoms with Crippen LogP contribution < -0.4 is 10.6 Å². The number of aliphatic hydroxyl groups excluding tert-OH is 1. The van der Waals surface area contributed by atoms with Crippen molar-refractivity contribution in [3.05, 3.63) is 40.5 Å². The highest BCUT2D eigenvalue weighted by Gasteiger charge is 2.20. The summed E-state index contributed by atoms with van der Waals surface area (Å²) in [7, 11) is 0. The maximum Gasteiger partial charge on any atom is 0.263 e. The molecule has 0 radical (unpaired) electrons. The molecule has 0 atom stereocenters. The van der Waals surface area contributed by atoms with E-state index in [4.69, 9.17) is 21.2 Å². The summed E-state index contributed by atoms with van der Waals surface area (Å²) in [6.07, 6.45) is 1.98. The fourth-order valence-electron chi connectivity index (χ4n) is 1.79. The Hall–Kier alpha value is -2.38. The minimum absolute atomic E-state index is 0.0769. The quantitative estimate of drug-likeness (QED) is 0.410. The molecule has 1 aromatic carbocycles. The number of aliphatic imine (C=N–C) groups is 1. The summed E-state index contributed by atoms with van der Waals surface area (Å²) < 4.78 is 5.10. The molecule has 0 aliphatic carbocycles. The minimum atomic E-state index is -0.350. The van der Waals surface area contributed by atoms with Crippen LogP contribution in [0.5, 0.6) is 0 Å². The Labute approximate surface area is 138 Å². The Bertz CT molecular complexity index is 683. The molecular formula is C15H17ClN4O3. The molecule has 8 heteroatoms. The maximum atomic E-state index is 12.4. The predicted molar refractivity (Wildman–Crippen MR) is 89.3 cm³/mol. The normalized spacial score (nSPS) is 10.9. The number of aryl methyl sites for hydroxylation is 1. The molecule has 7 nitrogen and oxygen atoms in total. The molecule has 122 valence electrons. The van der Waals surface area contributed by atoms with Gasteiger partial charge in [0.2, 0.25) is 5.88 Å². The first-order chi connectivity index (χ1) is 11.1. The van der Waals surface area contributed by atoms with Crippen LogP contribution in [0.15, 0.2) is 33.8 Å². The number of anilines is 2. The molecule has 3 N–H and O–H groups in total. The molecule has 2 rings (SSSR count). The van der Waals surface area contributed by atoms with Crippen molar-refractivity contribution in [1.82, 2.24) is 5.16 Å². The summed E-state index contributed by atoms with van der Waals surface area (Å²) in [5.74, 6) is -0.140. The van der Waals surface area contributed by atoms with Gasteiger partial charge in [-0.05, 0) is 37.6 Å². The fourth-order valence-corrected chi connectivity index (χ4v) is 1.92. The lowest BCUT2D eigenvalue weighted by Gasteiger charge is -2.05. The topological polar surface area (TPSA) is 99.8 Å². The van der Waals surface area contributed by atoms with E-state index < -0.39 is 0 Å². The molecule has 1 amide bonds. The van der Waals surface area contributed by atoms with Crippen LogP contribution >= 0.6 is 11.6 Å². The average molecular weight is 337 g/mol. The SMILES string of the molecule is Cc1noc(NC=NCCCO)c1C(=O)Nc1ccc(Cl)cc1. The minimum Gasteiger partial charge on any atom is -0.396 e. The molecule has 0 aliphatic rings. The van der Waals surface area contributed by atoms with E-state index in [2.05, 4.69) is 20.8 Å². The van der Waals surface area contributed by atoms with Gasteiger partial charge in [0, 0.05) is 23.9 Å². The van der Waals surface area contributed by atoms with Gasteiger partial charge in [0.1, 0.15) is 5.56 Å². The zero-order valence-corrected chi connectivity index (χ0v) is 13.3. The summed E-state index contributed by atoms with van der Waals surface area (Å²) in [4.78, 5) is 16.4. The smallest absolute Gasteiger partial charge is 0.263 e. The zero-order chi connectivity index (χ0) is 16.7. The zero-order valence-electron chi connectivity index (χ0n) is 12.5. The number of hydrogen-bond acceptors (Lipinski definition) is 5. The number of carbonyl (C=O) groups excluding carboxylic acids is 1. The first kappa shape index (κ1) is 17.0. The third kappa shape index (κ3) is 4.80. The fraction of sp³-hybridized carbons (Fsp3) is 0.267. The van der Waals surface area contributed by atoms with Gasteiger partial charge in [-0.2, -0.15) is 0 Å². The van der Waals surface area contributed by atoms with Crippen molar-refractivity contribution in [2.75, 3.05) is 23.8 Å². The van der Waals surface area contributed by atoms with E-state index in [0.717, 1.165) is 0 Å². The van der Waals surface area contributed by atoms with E-state index in [1.54, 1.807) is 31.2 Å².